The minimum absolute atomic E-state index is 0.0437. The van der Waals surface area contributed by atoms with Crippen LogP contribution in [0, 0.1) is 0 Å². The first-order valence-electron chi connectivity index (χ1n) is 8.83. The first kappa shape index (κ1) is 19.8. The number of benzene rings is 1. The fraction of sp³-hybridized carbons (Fsp3) is 0.316. The molecule has 1 N–H and O–H groups in total. The van der Waals surface area contributed by atoms with Crippen molar-refractivity contribution in [1.82, 2.24) is 24.4 Å². The molecule has 1 unspecified atom stereocenters. The summed E-state index contributed by atoms with van der Waals surface area (Å²) >= 11 is 5.90. The highest BCUT2D eigenvalue weighted by atomic mass is 35.5. The van der Waals surface area contributed by atoms with Gasteiger partial charge in [-0.15, -0.1) is 0 Å². The molecule has 0 aliphatic rings. The van der Waals surface area contributed by atoms with E-state index in [1.807, 2.05) is 13.8 Å². The molecule has 0 spiro atoms. The maximum atomic E-state index is 12.8. The average molecular weight is 402 g/mol. The topological polar surface area (TPSA) is 98.9 Å². The fourth-order valence-corrected chi connectivity index (χ4v) is 2.85. The van der Waals surface area contributed by atoms with E-state index in [1.54, 1.807) is 24.3 Å². The zero-order valence-corrected chi connectivity index (χ0v) is 16.5. The highest BCUT2D eigenvalue weighted by Crippen LogP contribution is 2.19. The average Bonchev–Trinajstić information content (AvgIpc) is 2.69. The van der Waals surface area contributed by atoms with Crippen molar-refractivity contribution in [3.8, 4) is 11.4 Å². The van der Waals surface area contributed by atoms with E-state index in [1.165, 1.54) is 17.8 Å². The van der Waals surface area contributed by atoms with Crippen LogP contribution in [0.4, 0.5) is 0 Å². The smallest absolute Gasteiger partial charge is 0.332 e. The third-order valence-electron chi connectivity index (χ3n) is 4.50. The second-order valence-electron chi connectivity index (χ2n) is 6.55. The number of halogens is 1. The summed E-state index contributed by atoms with van der Waals surface area (Å²) in [5.74, 6) is -0.0302. The van der Waals surface area contributed by atoms with E-state index >= 15 is 0 Å². The molecule has 0 fully saturated rings. The summed E-state index contributed by atoms with van der Waals surface area (Å²) in [6, 6.07) is 6.87. The Morgan fingerprint density at radius 2 is 1.93 bits per heavy atom. The highest BCUT2D eigenvalue weighted by molar-refractivity contribution is 6.30. The standard InChI is InChI=1S/C19H20ClN5O3/c1-4-11(2)22-15(26)10-25-18(27)14-9-21-16(12-5-7-13(20)8-6-12)23-17(14)24(3)19(25)28/h5-9,11H,4,10H2,1-3H3,(H,22,26). The van der Waals surface area contributed by atoms with Crippen LogP contribution in [-0.2, 0) is 18.4 Å². The van der Waals surface area contributed by atoms with Crippen LogP contribution < -0.4 is 16.6 Å². The Balaban J connectivity index is 2.07. The summed E-state index contributed by atoms with van der Waals surface area (Å²) in [6.07, 6.45) is 2.12. The van der Waals surface area contributed by atoms with E-state index in [-0.39, 0.29) is 23.6 Å². The molecule has 146 valence electrons. The summed E-state index contributed by atoms with van der Waals surface area (Å²) in [5, 5.41) is 3.49. The lowest BCUT2D eigenvalue weighted by molar-refractivity contribution is -0.122. The molecule has 0 bridgehead atoms. The molecule has 1 amide bonds. The van der Waals surface area contributed by atoms with Gasteiger partial charge in [0.15, 0.2) is 11.5 Å². The quantitative estimate of drug-likeness (QED) is 0.701. The summed E-state index contributed by atoms with van der Waals surface area (Å²) < 4.78 is 2.14. The minimum atomic E-state index is -0.613. The van der Waals surface area contributed by atoms with Crippen LogP contribution in [0.5, 0.6) is 0 Å². The molecule has 0 saturated heterocycles. The largest absolute Gasteiger partial charge is 0.352 e. The Morgan fingerprint density at radius 3 is 2.57 bits per heavy atom. The number of carbonyl (C=O) groups is 1. The summed E-state index contributed by atoms with van der Waals surface area (Å²) in [7, 11) is 1.51. The first-order valence-corrected chi connectivity index (χ1v) is 9.21. The molecule has 3 rings (SSSR count). The number of amides is 1. The minimum Gasteiger partial charge on any atom is -0.352 e. The Kier molecular flexibility index (Phi) is 5.60. The molecule has 1 aromatic carbocycles. The number of carbonyl (C=O) groups excluding carboxylic acids is 1. The molecule has 28 heavy (non-hydrogen) atoms. The molecule has 0 aliphatic carbocycles. The third kappa shape index (κ3) is 3.82. The van der Waals surface area contributed by atoms with Crippen LogP contribution >= 0.6 is 11.6 Å². The molecular formula is C19H20ClN5O3. The van der Waals surface area contributed by atoms with Gasteiger partial charge in [0, 0.05) is 29.9 Å². The number of hydrogen-bond acceptors (Lipinski definition) is 5. The van der Waals surface area contributed by atoms with Crippen LogP contribution in [0.3, 0.4) is 0 Å². The molecule has 2 aromatic heterocycles. The second-order valence-corrected chi connectivity index (χ2v) is 6.98. The van der Waals surface area contributed by atoms with E-state index in [2.05, 4.69) is 15.3 Å². The Bertz CT molecular complexity index is 1150. The molecule has 0 aliphatic heterocycles. The van der Waals surface area contributed by atoms with E-state index in [4.69, 9.17) is 11.6 Å². The molecule has 1 atom stereocenters. The molecule has 0 radical (unpaired) electrons. The SMILES string of the molecule is CCC(C)NC(=O)Cn1c(=O)c2cnc(-c3ccc(Cl)cc3)nc2n(C)c1=O. The first-order chi connectivity index (χ1) is 13.3. The lowest BCUT2D eigenvalue weighted by atomic mass is 10.2. The molecule has 9 heteroatoms. The van der Waals surface area contributed by atoms with Gasteiger partial charge in [-0.05, 0) is 37.6 Å². The van der Waals surface area contributed by atoms with Gasteiger partial charge in [0.1, 0.15) is 11.9 Å². The van der Waals surface area contributed by atoms with Gasteiger partial charge in [-0.3, -0.25) is 18.7 Å². The van der Waals surface area contributed by atoms with Crippen molar-refractivity contribution in [2.75, 3.05) is 0 Å². The van der Waals surface area contributed by atoms with Gasteiger partial charge in [0.25, 0.3) is 5.56 Å². The highest BCUT2D eigenvalue weighted by Gasteiger charge is 2.17. The van der Waals surface area contributed by atoms with Crippen LogP contribution in [0.2, 0.25) is 5.02 Å². The van der Waals surface area contributed by atoms with Crippen molar-refractivity contribution in [3.63, 3.8) is 0 Å². The molecule has 0 saturated carbocycles. The Hall–Kier alpha value is -3.00. The summed E-state index contributed by atoms with van der Waals surface area (Å²) in [5.41, 5.74) is -0.304. The number of rotatable bonds is 5. The maximum Gasteiger partial charge on any atom is 0.332 e. The zero-order chi connectivity index (χ0) is 20.4. The number of aryl methyl sites for hydroxylation is 1. The van der Waals surface area contributed by atoms with Crippen LogP contribution in [0.15, 0.2) is 40.1 Å². The van der Waals surface area contributed by atoms with Gasteiger partial charge >= 0.3 is 5.69 Å². The number of fused-ring (bicyclic) bond motifs is 1. The van der Waals surface area contributed by atoms with Gasteiger partial charge in [0.05, 0.1) is 0 Å². The maximum absolute atomic E-state index is 12.8. The van der Waals surface area contributed by atoms with Crippen molar-refractivity contribution < 1.29 is 4.79 Å². The number of aromatic nitrogens is 4. The predicted molar refractivity (Wildman–Crippen MR) is 107 cm³/mol. The van der Waals surface area contributed by atoms with Gasteiger partial charge in [0.2, 0.25) is 5.91 Å². The van der Waals surface area contributed by atoms with E-state index in [0.717, 1.165) is 11.0 Å². The van der Waals surface area contributed by atoms with Crippen LogP contribution in [-0.4, -0.2) is 31.1 Å². The van der Waals surface area contributed by atoms with Crippen LogP contribution in [0.1, 0.15) is 20.3 Å². The van der Waals surface area contributed by atoms with Gasteiger partial charge in [-0.2, -0.15) is 0 Å². The van der Waals surface area contributed by atoms with Crippen molar-refractivity contribution >= 4 is 28.5 Å². The van der Waals surface area contributed by atoms with E-state index < -0.39 is 17.2 Å². The monoisotopic (exact) mass is 401 g/mol. The third-order valence-corrected chi connectivity index (χ3v) is 4.76. The predicted octanol–water partition coefficient (Wildman–Crippen LogP) is 1.73. The summed E-state index contributed by atoms with van der Waals surface area (Å²) in [4.78, 5) is 46.2. The van der Waals surface area contributed by atoms with Crippen molar-refractivity contribution in [1.29, 1.82) is 0 Å². The molecule has 3 aromatic rings. The molecular weight excluding hydrogens is 382 g/mol. The number of hydrogen-bond donors (Lipinski definition) is 1. The van der Waals surface area contributed by atoms with Crippen molar-refractivity contribution in [2.24, 2.45) is 7.05 Å². The normalized spacial score (nSPS) is 12.1. The Morgan fingerprint density at radius 1 is 1.25 bits per heavy atom. The lowest BCUT2D eigenvalue weighted by Crippen LogP contribution is -2.44. The van der Waals surface area contributed by atoms with Gasteiger partial charge in [-0.1, -0.05) is 18.5 Å². The fourth-order valence-electron chi connectivity index (χ4n) is 2.73. The summed E-state index contributed by atoms with van der Waals surface area (Å²) in [6.45, 7) is 3.43. The Labute approximate surface area is 165 Å². The van der Waals surface area contributed by atoms with Gasteiger partial charge < -0.3 is 5.32 Å². The number of nitrogens with zero attached hydrogens (tertiary/aromatic N) is 4. The van der Waals surface area contributed by atoms with Crippen molar-refractivity contribution in [3.05, 3.63) is 56.3 Å². The van der Waals surface area contributed by atoms with Gasteiger partial charge in [-0.25, -0.2) is 14.8 Å². The van der Waals surface area contributed by atoms with E-state index in [9.17, 15) is 14.4 Å². The lowest BCUT2D eigenvalue weighted by Gasteiger charge is -2.13. The van der Waals surface area contributed by atoms with Crippen LogP contribution in [0.25, 0.3) is 22.4 Å². The van der Waals surface area contributed by atoms with Crippen molar-refractivity contribution in [2.45, 2.75) is 32.9 Å². The second kappa shape index (κ2) is 7.93. The van der Waals surface area contributed by atoms with E-state index in [0.29, 0.717) is 16.4 Å². The number of nitrogens with one attached hydrogen (secondary N) is 1. The zero-order valence-electron chi connectivity index (χ0n) is 15.8. The molecule has 8 nitrogen and oxygen atoms in total. The molecule has 2 heterocycles.